The highest BCUT2D eigenvalue weighted by atomic mass is 16.4. The Labute approximate surface area is 133 Å². The Kier molecular flexibility index (Phi) is 4.10. The fourth-order valence-corrected chi connectivity index (χ4v) is 2.78. The van der Waals surface area contributed by atoms with Gasteiger partial charge >= 0.3 is 5.97 Å². The lowest BCUT2D eigenvalue weighted by Gasteiger charge is -2.30. The summed E-state index contributed by atoms with van der Waals surface area (Å²) in [7, 11) is 0. The Balaban J connectivity index is 1.74. The van der Waals surface area contributed by atoms with Gasteiger partial charge in [-0.15, -0.1) is 0 Å². The lowest BCUT2D eigenvalue weighted by Crippen LogP contribution is -2.42. The van der Waals surface area contributed by atoms with Crippen molar-refractivity contribution in [2.45, 2.75) is 19.8 Å². The number of aromatic amines is 1. The number of nitrogens with one attached hydrogen (secondary N) is 1. The molecule has 1 saturated heterocycles. The zero-order chi connectivity index (χ0) is 16.4. The smallest absolute Gasteiger partial charge is 0.308 e. The van der Waals surface area contributed by atoms with Gasteiger partial charge in [0, 0.05) is 24.2 Å². The summed E-state index contributed by atoms with van der Waals surface area (Å²) in [5, 5.41) is 16.0. The van der Waals surface area contributed by atoms with Gasteiger partial charge in [-0.1, -0.05) is 12.1 Å². The molecule has 0 bridgehead atoms. The van der Waals surface area contributed by atoms with Gasteiger partial charge in [0.2, 0.25) is 0 Å². The molecule has 0 unspecified atom stereocenters. The van der Waals surface area contributed by atoms with E-state index in [1.165, 1.54) is 0 Å². The minimum atomic E-state index is -0.835. The number of nitrogens with zero attached hydrogens (tertiary/aromatic N) is 3. The number of hydrogen-bond donors (Lipinski definition) is 2. The van der Waals surface area contributed by atoms with Crippen molar-refractivity contribution in [3.63, 3.8) is 0 Å². The zero-order valence-electron chi connectivity index (χ0n) is 12.8. The van der Waals surface area contributed by atoms with Crippen LogP contribution < -0.4 is 0 Å². The van der Waals surface area contributed by atoms with Crippen LogP contribution in [0.2, 0.25) is 0 Å². The van der Waals surface area contributed by atoms with Crippen molar-refractivity contribution in [3.05, 3.63) is 35.7 Å². The maximum absolute atomic E-state index is 12.5. The van der Waals surface area contributed by atoms with Gasteiger partial charge in [0.05, 0.1) is 5.92 Å². The van der Waals surface area contributed by atoms with E-state index in [0.29, 0.717) is 24.4 Å². The molecule has 0 aliphatic carbocycles. The first-order valence-corrected chi connectivity index (χ1v) is 7.56. The predicted molar refractivity (Wildman–Crippen MR) is 82.8 cm³/mol. The minimum Gasteiger partial charge on any atom is -0.481 e. The third-order valence-corrected chi connectivity index (χ3v) is 4.05. The SMILES string of the molecule is Cc1nc(-c2ccc(C(=O)N3CCC[C@@H](C(=O)O)C3)cc2)n[nH]1. The zero-order valence-corrected chi connectivity index (χ0v) is 12.8. The van der Waals surface area contributed by atoms with Gasteiger partial charge in [-0.25, -0.2) is 4.98 Å². The summed E-state index contributed by atoms with van der Waals surface area (Å²) in [6, 6.07) is 7.06. The second-order valence-corrected chi connectivity index (χ2v) is 5.75. The summed E-state index contributed by atoms with van der Waals surface area (Å²) in [6.07, 6.45) is 1.35. The van der Waals surface area contributed by atoms with Crippen LogP contribution in [0.15, 0.2) is 24.3 Å². The van der Waals surface area contributed by atoms with E-state index in [9.17, 15) is 9.59 Å². The van der Waals surface area contributed by atoms with Crippen LogP contribution in [0.3, 0.4) is 0 Å². The van der Waals surface area contributed by atoms with E-state index in [4.69, 9.17) is 5.11 Å². The van der Waals surface area contributed by atoms with E-state index in [1.807, 2.05) is 6.92 Å². The summed E-state index contributed by atoms with van der Waals surface area (Å²) in [6.45, 7) is 2.70. The molecule has 2 N–H and O–H groups in total. The predicted octanol–water partition coefficient (Wildman–Crippen LogP) is 1.72. The third kappa shape index (κ3) is 3.23. The number of carbonyl (C=O) groups is 2. The lowest BCUT2D eigenvalue weighted by atomic mass is 9.97. The molecule has 2 heterocycles. The van der Waals surface area contributed by atoms with E-state index in [2.05, 4.69) is 15.2 Å². The number of hydrogen-bond acceptors (Lipinski definition) is 4. The molecule has 120 valence electrons. The first kappa shape index (κ1) is 15.2. The monoisotopic (exact) mass is 314 g/mol. The van der Waals surface area contributed by atoms with Crippen LogP contribution in [0.4, 0.5) is 0 Å². The Morgan fingerprint density at radius 1 is 1.30 bits per heavy atom. The molecule has 0 radical (unpaired) electrons. The van der Waals surface area contributed by atoms with Crippen molar-refractivity contribution in [1.29, 1.82) is 0 Å². The number of H-pyrrole nitrogens is 1. The number of piperidine rings is 1. The van der Waals surface area contributed by atoms with Gasteiger partial charge in [0.25, 0.3) is 5.91 Å². The van der Waals surface area contributed by atoms with Crippen molar-refractivity contribution >= 4 is 11.9 Å². The molecule has 0 saturated carbocycles. The summed E-state index contributed by atoms with van der Waals surface area (Å²) < 4.78 is 0. The number of benzene rings is 1. The van der Waals surface area contributed by atoms with Crippen LogP contribution in [-0.4, -0.2) is 50.2 Å². The molecule has 1 aliphatic rings. The number of aryl methyl sites for hydroxylation is 1. The molecule has 0 spiro atoms. The first-order valence-electron chi connectivity index (χ1n) is 7.56. The van der Waals surface area contributed by atoms with E-state index in [-0.39, 0.29) is 12.5 Å². The maximum atomic E-state index is 12.5. The average molecular weight is 314 g/mol. The highest BCUT2D eigenvalue weighted by Gasteiger charge is 2.28. The largest absolute Gasteiger partial charge is 0.481 e. The number of aliphatic carboxylic acids is 1. The number of carboxylic acid groups (broad SMARTS) is 1. The fraction of sp³-hybridized carbons (Fsp3) is 0.375. The summed E-state index contributed by atoms with van der Waals surface area (Å²) in [5.41, 5.74) is 1.38. The van der Waals surface area contributed by atoms with Gasteiger partial charge in [0.1, 0.15) is 5.82 Å². The molecule has 7 heteroatoms. The molecule has 23 heavy (non-hydrogen) atoms. The highest BCUT2D eigenvalue weighted by molar-refractivity contribution is 5.95. The van der Waals surface area contributed by atoms with Gasteiger partial charge in [0.15, 0.2) is 5.82 Å². The summed E-state index contributed by atoms with van der Waals surface area (Å²) in [5.74, 6) is -0.117. The summed E-state index contributed by atoms with van der Waals surface area (Å²) in [4.78, 5) is 29.5. The van der Waals surface area contributed by atoms with Gasteiger partial charge in [-0.3, -0.25) is 14.7 Å². The number of aromatic nitrogens is 3. The first-order chi connectivity index (χ1) is 11.0. The standard InChI is InChI=1S/C16H18N4O3/c1-10-17-14(19-18-10)11-4-6-12(7-5-11)15(21)20-8-2-3-13(9-20)16(22)23/h4-7,13H,2-3,8-9H2,1H3,(H,22,23)(H,17,18,19)/t13-/m1/s1. The van der Waals surface area contributed by atoms with Crippen molar-refractivity contribution in [2.24, 2.45) is 5.92 Å². The van der Waals surface area contributed by atoms with Crippen LogP contribution in [0.1, 0.15) is 29.0 Å². The highest BCUT2D eigenvalue weighted by Crippen LogP contribution is 2.20. The molecule has 2 aromatic rings. The molecule has 1 fully saturated rings. The Hall–Kier alpha value is -2.70. The van der Waals surface area contributed by atoms with Crippen LogP contribution in [0, 0.1) is 12.8 Å². The molecule has 1 aromatic carbocycles. The number of likely N-dealkylation sites (tertiary alicyclic amines) is 1. The molecule has 1 aliphatic heterocycles. The molecule has 7 nitrogen and oxygen atoms in total. The van der Waals surface area contributed by atoms with Crippen LogP contribution in [-0.2, 0) is 4.79 Å². The number of amides is 1. The maximum Gasteiger partial charge on any atom is 0.308 e. The van der Waals surface area contributed by atoms with Crippen LogP contribution in [0.5, 0.6) is 0 Å². The summed E-state index contributed by atoms with van der Waals surface area (Å²) >= 11 is 0. The molecule has 1 aromatic heterocycles. The Morgan fingerprint density at radius 3 is 2.65 bits per heavy atom. The molecule has 1 amide bonds. The van der Waals surface area contributed by atoms with Crippen LogP contribution in [0.25, 0.3) is 11.4 Å². The Morgan fingerprint density at radius 2 is 2.04 bits per heavy atom. The van der Waals surface area contributed by atoms with Gasteiger partial charge in [-0.2, -0.15) is 5.10 Å². The van der Waals surface area contributed by atoms with E-state index in [1.54, 1.807) is 29.2 Å². The van der Waals surface area contributed by atoms with Gasteiger partial charge < -0.3 is 10.0 Å². The number of carboxylic acids is 1. The Bertz CT molecular complexity index is 723. The lowest BCUT2D eigenvalue weighted by molar-refractivity contribution is -0.143. The second-order valence-electron chi connectivity index (χ2n) is 5.75. The second kappa shape index (κ2) is 6.20. The van der Waals surface area contributed by atoms with E-state index in [0.717, 1.165) is 17.8 Å². The topological polar surface area (TPSA) is 99.2 Å². The molecular weight excluding hydrogens is 296 g/mol. The van der Waals surface area contributed by atoms with Crippen molar-refractivity contribution in [2.75, 3.05) is 13.1 Å². The van der Waals surface area contributed by atoms with Crippen LogP contribution >= 0.6 is 0 Å². The van der Waals surface area contributed by atoms with E-state index >= 15 is 0 Å². The van der Waals surface area contributed by atoms with Crippen molar-refractivity contribution < 1.29 is 14.7 Å². The fourth-order valence-electron chi connectivity index (χ4n) is 2.78. The molecule has 1 atom stereocenters. The molecular formula is C16H18N4O3. The van der Waals surface area contributed by atoms with Crippen molar-refractivity contribution in [3.8, 4) is 11.4 Å². The number of rotatable bonds is 3. The van der Waals surface area contributed by atoms with Gasteiger partial charge in [-0.05, 0) is 31.9 Å². The normalized spacial score (nSPS) is 18.0. The van der Waals surface area contributed by atoms with Crippen molar-refractivity contribution in [1.82, 2.24) is 20.1 Å². The molecule has 3 rings (SSSR count). The minimum absolute atomic E-state index is 0.131. The van der Waals surface area contributed by atoms with E-state index < -0.39 is 11.9 Å². The average Bonchev–Trinajstić information content (AvgIpc) is 3.01. The quantitative estimate of drug-likeness (QED) is 0.898. The third-order valence-electron chi connectivity index (χ3n) is 4.05. The number of carbonyl (C=O) groups excluding carboxylic acids is 1.